The summed E-state index contributed by atoms with van der Waals surface area (Å²) in [5.41, 5.74) is 2.58. The molecule has 0 saturated carbocycles. The molecule has 0 saturated heterocycles. The number of likely N-dealkylation sites (N-methyl/N-ethyl adjacent to an activating group) is 1. The number of nitrogens with zero attached hydrogens (tertiary/aromatic N) is 2. The van der Waals surface area contributed by atoms with Gasteiger partial charge in [-0.05, 0) is 53.0 Å². The molecule has 0 aliphatic heterocycles. The second-order valence-corrected chi connectivity index (χ2v) is 9.59. The quantitative estimate of drug-likeness (QED) is 0.328. The molecule has 1 aliphatic carbocycles. The van der Waals surface area contributed by atoms with Crippen LogP contribution < -0.4 is 16.2 Å². The molecule has 218 valence electrons. The van der Waals surface area contributed by atoms with Crippen molar-refractivity contribution in [3.05, 3.63) is 37.2 Å². The summed E-state index contributed by atoms with van der Waals surface area (Å²) in [7, 11) is 4.15. The van der Waals surface area contributed by atoms with Gasteiger partial charge in [-0.1, -0.05) is 74.8 Å². The Hall–Kier alpha value is -1.83. The number of rotatable bonds is 10. The molecule has 0 aromatic heterocycles. The molecule has 0 heterocycles. The molecular formula is C30H59N3O4. The highest BCUT2D eigenvalue weighted by atomic mass is 16.5. The summed E-state index contributed by atoms with van der Waals surface area (Å²) >= 11 is 0. The van der Waals surface area contributed by atoms with Gasteiger partial charge in [0.05, 0.1) is 18.9 Å². The molecule has 0 spiro atoms. The maximum Gasteiger partial charge on any atom is 0.249 e. The lowest BCUT2D eigenvalue weighted by Gasteiger charge is -2.30. The normalized spacial score (nSPS) is 12.4. The molecule has 1 aliphatic rings. The predicted octanol–water partition coefficient (Wildman–Crippen LogP) is 5.30. The molecule has 0 unspecified atom stereocenters. The Kier molecular flexibility index (Phi) is 23.8. The average Bonchev–Trinajstić information content (AvgIpc) is 2.88. The van der Waals surface area contributed by atoms with Gasteiger partial charge in [-0.25, -0.2) is 0 Å². The fourth-order valence-corrected chi connectivity index (χ4v) is 3.28. The third kappa shape index (κ3) is 15.9. The van der Waals surface area contributed by atoms with Gasteiger partial charge >= 0.3 is 0 Å². The Balaban J connectivity index is -0.000000489. The molecule has 0 atom stereocenters. The van der Waals surface area contributed by atoms with Crippen LogP contribution in [0.25, 0.3) is 0 Å². The first-order valence-corrected chi connectivity index (χ1v) is 14.0. The maximum atomic E-state index is 11.1. The Labute approximate surface area is 228 Å². The molecule has 1 N–H and O–H groups in total. The van der Waals surface area contributed by atoms with Crippen molar-refractivity contribution in [3.8, 4) is 0 Å². The Morgan fingerprint density at radius 2 is 1.30 bits per heavy atom. The summed E-state index contributed by atoms with van der Waals surface area (Å²) in [6, 6.07) is 0. The number of hydrogen-bond acceptors (Lipinski definition) is 7. The molecular weight excluding hydrogens is 466 g/mol. The zero-order valence-corrected chi connectivity index (χ0v) is 26.7. The van der Waals surface area contributed by atoms with E-state index in [0.717, 1.165) is 31.8 Å². The second kappa shape index (κ2) is 22.2. The Bertz CT molecular complexity index is 827. The van der Waals surface area contributed by atoms with Crippen molar-refractivity contribution in [2.75, 3.05) is 65.3 Å². The van der Waals surface area contributed by atoms with Crippen LogP contribution in [-0.4, -0.2) is 75.6 Å². The number of carbonyl (C=O) groups excluding carboxylic acids is 1. The zero-order chi connectivity index (χ0) is 29.8. The highest BCUT2D eigenvalue weighted by Crippen LogP contribution is 2.37. The van der Waals surface area contributed by atoms with Gasteiger partial charge in [0.1, 0.15) is 0 Å². The molecule has 1 aromatic carbocycles. The third-order valence-electron chi connectivity index (χ3n) is 5.82. The van der Waals surface area contributed by atoms with Crippen LogP contribution in [0.5, 0.6) is 0 Å². The molecule has 7 nitrogen and oxygen atoms in total. The van der Waals surface area contributed by atoms with Gasteiger partial charge in [0, 0.05) is 30.6 Å². The smallest absolute Gasteiger partial charge is 0.249 e. The van der Waals surface area contributed by atoms with Crippen LogP contribution in [0.15, 0.2) is 20.7 Å². The second-order valence-electron chi connectivity index (χ2n) is 9.59. The lowest BCUT2D eigenvalue weighted by atomic mass is 9.73. The fraction of sp³-hybridized carbons (Fsp3) is 0.767. The molecule has 1 aromatic rings. The van der Waals surface area contributed by atoms with Crippen molar-refractivity contribution < 1.29 is 9.53 Å². The number of allylic oxidation sites excluding steroid dienone is 2. The van der Waals surface area contributed by atoms with Crippen LogP contribution >= 0.6 is 0 Å². The zero-order valence-electron chi connectivity index (χ0n) is 26.7. The number of anilines is 1. The molecule has 37 heavy (non-hydrogen) atoms. The Morgan fingerprint density at radius 1 is 0.811 bits per heavy atom. The lowest BCUT2D eigenvalue weighted by molar-refractivity contribution is -0.117. The van der Waals surface area contributed by atoms with Crippen LogP contribution in [0.1, 0.15) is 88.1 Å². The van der Waals surface area contributed by atoms with Gasteiger partial charge in [0.15, 0.2) is 5.78 Å². The highest BCUT2D eigenvalue weighted by molar-refractivity contribution is 6.05. The van der Waals surface area contributed by atoms with Crippen LogP contribution in [-0.2, 0) is 9.53 Å². The fourth-order valence-electron chi connectivity index (χ4n) is 3.28. The van der Waals surface area contributed by atoms with E-state index in [1.807, 2.05) is 41.7 Å². The van der Waals surface area contributed by atoms with Crippen LogP contribution in [0.3, 0.4) is 0 Å². The van der Waals surface area contributed by atoms with Gasteiger partial charge in [-0.3, -0.25) is 14.4 Å². The number of ether oxygens (including phenoxy) is 1. The van der Waals surface area contributed by atoms with E-state index >= 15 is 0 Å². The summed E-state index contributed by atoms with van der Waals surface area (Å²) in [4.78, 5) is 37.5. The van der Waals surface area contributed by atoms with E-state index in [4.69, 9.17) is 4.74 Å². The highest BCUT2D eigenvalue weighted by Gasteiger charge is 2.32. The first-order valence-electron chi connectivity index (χ1n) is 14.0. The van der Waals surface area contributed by atoms with Crippen molar-refractivity contribution >= 4 is 11.5 Å². The topological polar surface area (TPSA) is 79.0 Å². The average molecular weight is 526 g/mol. The molecule has 0 amide bonds. The summed E-state index contributed by atoms with van der Waals surface area (Å²) in [5, 5.41) is 2.92. The summed E-state index contributed by atoms with van der Waals surface area (Å²) < 4.78 is 5.40. The minimum Gasteiger partial charge on any atom is -0.379 e. The van der Waals surface area contributed by atoms with Crippen LogP contribution in [0.2, 0.25) is 0 Å². The first-order chi connectivity index (χ1) is 17.3. The predicted molar refractivity (Wildman–Crippen MR) is 162 cm³/mol. The molecule has 2 rings (SSSR count). The van der Waals surface area contributed by atoms with Crippen LogP contribution in [0.4, 0.5) is 5.69 Å². The lowest BCUT2D eigenvalue weighted by Crippen LogP contribution is -2.37. The molecule has 0 radical (unpaired) electrons. The number of ketones is 1. The minimum atomic E-state index is -0.409. The van der Waals surface area contributed by atoms with E-state index in [1.54, 1.807) is 6.92 Å². The van der Waals surface area contributed by atoms with Crippen molar-refractivity contribution in [3.63, 3.8) is 0 Å². The van der Waals surface area contributed by atoms with Crippen molar-refractivity contribution in [1.29, 1.82) is 0 Å². The van der Waals surface area contributed by atoms with E-state index in [1.165, 1.54) is 5.57 Å². The molecule has 0 bridgehead atoms. The van der Waals surface area contributed by atoms with Gasteiger partial charge in [0.2, 0.25) is 10.9 Å². The van der Waals surface area contributed by atoms with E-state index in [0.29, 0.717) is 43.2 Å². The molecule has 7 heteroatoms. The monoisotopic (exact) mass is 525 g/mol. The number of carbonyl (C=O) groups is 1. The molecule has 0 fully saturated rings. The summed E-state index contributed by atoms with van der Waals surface area (Å²) in [5.74, 6) is 0.338. The standard InChI is InChI=1S/C12H20N2O3.C9H14O.C5H13N.2C2H6/c1-4-14(3)6-8-17-7-5-13-10-9(2)11(15)12(10)16;1-6-5-7(10)8(6)9(2,3)4;1-4-6(3)5-2;2*1-2/h13H,4-8H2,1-3H3;5H2,1-4H3;4-5H2,1-3H3;2*1-2H3. The number of nitrogens with one attached hydrogen (secondary N) is 1. The third-order valence-corrected chi connectivity index (χ3v) is 5.82. The van der Waals surface area contributed by atoms with E-state index < -0.39 is 5.43 Å². The minimum absolute atomic E-state index is 0.0689. The van der Waals surface area contributed by atoms with Gasteiger partial charge in [-0.15, -0.1) is 0 Å². The van der Waals surface area contributed by atoms with Gasteiger partial charge < -0.3 is 19.9 Å². The van der Waals surface area contributed by atoms with E-state index in [-0.39, 0.29) is 10.8 Å². The van der Waals surface area contributed by atoms with Crippen molar-refractivity contribution in [2.24, 2.45) is 5.41 Å². The number of Topliss-reactive ketones (excluding diaryl/α,β-unsaturated/α-hetero) is 1. The summed E-state index contributed by atoms with van der Waals surface area (Å²) in [6.07, 6.45) is 0.687. The van der Waals surface area contributed by atoms with Gasteiger partial charge in [-0.2, -0.15) is 0 Å². The summed E-state index contributed by atoms with van der Waals surface area (Å²) in [6.45, 7) is 30.4. The van der Waals surface area contributed by atoms with Crippen LogP contribution in [0, 0.1) is 12.3 Å². The van der Waals surface area contributed by atoms with E-state index in [9.17, 15) is 14.4 Å². The largest absolute Gasteiger partial charge is 0.379 e. The van der Waals surface area contributed by atoms with Crippen molar-refractivity contribution in [2.45, 2.75) is 89.5 Å². The number of hydrogen-bond donors (Lipinski definition) is 1. The SMILES string of the molecule is CC.CC.CC1=C(C(C)(C)C)C(=O)C1.CCN(C)CC.CCN(C)CCOCCNc1c(C)c(=O)c1=O. The first kappa shape index (κ1) is 39.7. The van der Waals surface area contributed by atoms with E-state index in [2.05, 4.69) is 63.7 Å². The van der Waals surface area contributed by atoms with Gasteiger partial charge in [0.25, 0.3) is 0 Å². The maximum absolute atomic E-state index is 11.1. The Morgan fingerprint density at radius 3 is 1.59 bits per heavy atom. The van der Waals surface area contributed by atoms with Crippen molar-refractivity contribution in [1.82, 2.24) is 9.80 Å².